The number of carboxylic acids is 1. The van der Waals surface area contributed by atoms with Gasteiger partial charge in [-0.25, -0.2) is 14.3 Å². The first-order valence-electron chi connectivity index (χ1n) is 6.53. The van der Waals surface area contributed by atoms with E-state index in [-0.39, 0.29) is 17.9 Å². The van der Waals surface area contributed by atoms with E-state index in [1.54, 1.807) is 6.20 Å². The van der Waals surface area contributed by atoms with Crippen molar-refractivity contribution in [2.24, 2.45) is 0 Å². The topological polar surface area (TPSA) is 80.0 Å². The number of hydrogen-bond donors (Lipinski definition) is 1. The molecule has 0 unspecified atom stereocenters. The molecule has 0 amide bonds. The fraction of sp³-hybridized carbons (Fsp3) is 0.462. The van der Waals surface area contributed by atoms with Crippen LogP contribution in [0.5, 0.6) is 0 Å². The summed E-state index contributed by atoms with van der Waals surface area (Å²) in [5, 5.41) is 12.9. The number of carboxylic acid groups (broad SMARTS) is 1. The second-order valence-corrected chi connectivity index (χ2v) is 5.09. The Morgan fingerprint density at radius 2 is 2.10 bits per heavy atom. The van der Waals surface area contributed by atoms with Gasteiger partial charge in [0.15, 0.2) is 11.3 Å². The standard InChI is InChI=1S/C13H16N4O3/c1-8-6-16(7-9(2)20-8)11-3-4-17-12(14-11)5-10(15-17)13(18)19/h3-5,8-9H,6-7H2,1-2H3,(H,18,19)/t8-,9+. The summed E-state index contributed by atoms with van der Waals surface area (Å²) in [4.78, 5) is 17.5. The Labute approximate surface area is 115 Å². The van der Waals surface area contributed by atoms with E-state index in [1.165, 1.54) is 10.6 Å². The fourth-order valence-electron chi connectivity index (χ4n) is 2.52. The second kappa shape index (κ2) is 4.75. The van der Waals surface area contributed by atoms with Crippen molar-refractivity contribution < 1.29 is 14.6 Å². The lowest BCUT2D eigenvalue weighted by Crippen LogP contribution is -2.45. The van der Waals surface area contributed by atoms with Gasteiger partial charge >= 0.3 is 5.97 Å². The fourth-order valence-corrected chi connectivity index (χ4v) is 2.52. The van der Waals surface area contributed by atoms with E-state index in [0.29, 0.717) is 5.65 Å². The van der Waals surface area contributed by atoms with E-state index in [9.17, 15) is 4.79 Å². The van der Waals surface area contributed by atoms with Crippen LogP contribution in [0.3, 0.4) is 0 Å². The predicted molar refractivity (Wildman–Crippen MR) is 72.2 cm³/mol. The quantitative estimate of drug-likeness (QED) is 0.883. The van der Waals surface area contributed by atoms with Gasteiger partial charge in [0.1, 0.15) is 5.82 Å². The third kappa shape index (κ3) is 2.32. The maximum absolute atomic E-state index is 10.9. The molecule has 1 saturated heterocycles. The number of aromatic nitrogens is 3. The van der Waals surface area contributed by atoms with E-state index in [0.717, 1.165) is 18.9 Å². The van der Waals surface area contributed by atoms with Gasteiger partial charge in [-0.1, -0.05) is 0 Å². The Morgan fingerprint density at radius 1 is 1.40 bits per heavy atom. The molecule has 1 N–H and O–H groups in total. The van der Waals surface area contributed by atoms with Crippen molar-refractivity contribution in [2.45, 2.75) is 26.1 Å². The molecule has 106 valence electrons. The summed E-state index contributed by atoms with van der Waals surface area (Å²) < 4.78 is 7.17. The van der Waals surface area contributed by atoms with Gasteiger partial charge in [-0.2, -0.15) is 5.10 Å². The number of nitrogens with zero attached hydrogens (tertiary/aromatic N) is 4. The Kier molecular flexibility index (Phi) is 3.06. The smallest absolute Gasteiger partial charge is 0.356 e. The van der Waals surface area contributed by atoms with Crippen molar-refractivity contribution >= 4 is 17.4 Å². The van der Waals surface area contributed by atoms with Crippen LogP contribution in [0.15, 0.2) is 18.3 Å². The summed E-state index contributed by atoms with van der Waals surface area (Å²) in [7, 11) is 0. The first-order valence-corrected chi connectivity index (χ1v) is 6.53. The SMILES string of the molecule is C[C@@H]1CN(c2ccn3nc(C(=O)O)cc3n2)C[C@H](C)O1. The average Bonchev–Trinajstić information content (AvgIpc) is 2.80. The Morgan fingerprint density at radius 3 is 2.75 bits per heavy atom. The zero-order valence-electron chi connectivity index (χ0n) is 11.4. The number of ether oxygens (including phenoxy) is 1. The van der Waals surface area contributed by atoms with Gasteiger partial charge in [0.25, 0.3) is 0 Å². The van der Waals surface area contributed by atoms with Gasteiger partial charge in [0.05, 0.1) is 12.2 Å². The van der Waals surface area contributed by atoms with Gasteiger partial charge < -0.3 is 14.7 Å². The first kappa shape index (κ1) is 12.9. The molecule has 0 saturated carbocycles. The zero-order valence-corrected chi connectivity index (χ0v) is 11.4. The van der Waals surface area contributed by atoms with Gasteiger partial charge in [0, 0.05) is 25.4 Å². The van der Waals surface area contributed by atoms with Gasteiger partial charge in [0.2, 0.25) is 0 Å². The normalized spacial score (nSPS) is 23.2. The molecule has 3 heterocycles. The maximum atomic E-state index is 10.9. The van der Waals surface area contributed by atoms with E-state index in [4.69, 9.17) is 9.84 Å². The van der Waals surface area contributed by atoms with E-state index < -0.39 is 5.97 Å². The number of aromatic carboxylic acids is 1. The lowest BCUT2D eigenvalue weighted by atomic mass is 10.2. The molecular formula is C13H16N4O3. The van der Waals surface area contributed by atoms with Crippen molar-refractivity contribution in [2.75, 3.05) is 18.0 Å². The molecule has 20 heavy (non-hydrogen) atoms. The van der Waals surface area contributed by atoms with E-state index >= 15 is 0 Å². The minimum Gasteiger partial charge on any atom is -0.476 e. The zero-order chi connectivity index (χ0) is 14.3. The van der Waals surface area contributed by atoms with Gasteiger partial charge in [-0.05, 0) is 19.9 Å². The molecule has 1 aliphatic heterocycles. The maximum Gasteiger partial charge on any atom is 0.356 e. The molecule has 3 rings (SSSR count). The molecule has 0 aromatic carbocycles. The van der Waals surface area contributed by atoms with Crippen LogP contribution in [-0.2, 0) is 4.74 Å². The van der Waals surface area contributed by atoms with E-state index in [2.05, 4.69) is 15.0 Å². The third-order valence-corrected chi connectivity index (χ3v) is 3.27. The predicted octanol–water partition coefficient (Wildman–Crippen LogP) is 1.04. The largest absolute Gasteiger partial charge is 0.476 e. The van der Waals surface area contributed by atoms with Crippen LogP contribution in [0.2, 0.25) is 0 Å². The first-order chi connectivity index (χ1) is 9.52. The highest BCUT2D eigenvalue weighted by atomic mass is 16.5. The monoisotopic (exact) mass is 276 g/mol. The van der Waals surface area contributed by atoms with Crippen molar-refractivity contribution in [3.05, 3.63) is 24.0 Å². The lowest BCUT2D eigenvalue weighted by Gasteiger charge is -2.36. The molecule has 7 nitrogen and oxygen atoms in total. The van der Waals surface area contributed by atoms with Gasteiger partial charge in [-0.15, -0.1) is 0 Å². The van der Waals surface area contributed by atoms with Crippen molar-refractivity contribution in [1.29, 1.82) is 0 Å². The molecule has 1 fully saturated rings. The number of rotatable bonds is 2. The molecule has 7 heteroatoms. The van der Waals surface area contributed by atoms with E-state index in [1.807, 2.05) is 19.9 Å². The number of carbonyl (C=O) groups is 1. The highest BCUT2D eigenvalue weighted by molar-refractivity contribution is 5.86. The molecule has 2 aromatic heterocycles. The summed E-state index contributed by atoms with van der Waals surface area (Å²) in [5.41, 5.74) is 0.532. The summed E-state index contributed by atoms with van der Waals surface area (Å²) in [6.45, 7) is 5.60. The molecular weight excluding hydrogens is 260 g/mol. The van der Waals surface area contributed by atoms with Crippen LogP contribution >= 0.6 is 0 Å². The Hall–Kier alpha value is -2.15. The molecule has 0 radical (unpaired) electrons. The molecule has 2 aromatic rings. The summed E-state index contributed by atoms with van der Waals surface area (Å²) in [6.07, 6.45) is 2.03. The Balaban J connectivity index is 1.94. The minimum atomic E-state index is -1.05. The van der Waals surface area contributed by atoms with Crippen molar-refractivity contribution in [3.8, 4) is 0 Å². The molecule has 0 spiro atoms. The molecule has 1 aliphatic rings. The average molecular weight is 276 g/mol. The van der Waals surface area contributed by atoms with Crippen LogP contribution in [-0.4, -0.2) is 51.0 Å². The molecule has 0 bridgehead atoms. The lowest BCUT2D eigenvalue weighted by molar-refractivity contribution is -0.00545. The molecule has 2 atom stereocenters. The number of morpholine rings is 1. The van der Waals surface area contributed by atoms with Crippen molar-refractivity contribution in [3.63, 3.8) is 0 Å². The number of anilines is 1. The highest BCUT2D eigenvalue weighted by Gasteiger charge is 2.23. The summed E-state index contributed by atoms with van der Waals surface area (Å²) in [5.74, 6) is -0.234. The summed E-state index contributed by atoms with van der Waals surface area (Å²) >= 11 is 0. The minimum absolute atomic E-state index is 0.00152. The van der Waals surface area contributed by atoms with Crippen LogP contribution in [0.4, 0.5) is 5.82 Å². The van der Waals surface area contributed by atoms with Crippen LogP contribution in [0.25, 0.3) is 5.65 Å². The second-order valence-electron chi connectivity index (χ2n) is 5.09. The highest BCUT2D eigenvalue weighted by Crippen LogP contribution is 2.19. The molecule has 0 aliphatic carbocycles. The van der Waals surface area contributed by atoms with Gasteiger partial charge in [-0.3, -0.25) is 0 Å². The van der Waals surface area contributed by atoms with Crippen molar-refractivity contribution in [1.82, 2.24) is 14.6 Å². The number of fused-ring (bicyclic) bond motifs is 1. The summed E-state index contributed by atoms with van der Waals surface area (Å²) in [6, 6.07) is 3.32. The Bertz CT molecular complexity index is 644. The number of hydrogen-bond acceptors (Lipinski definition) is 5. The van der Waals surface area contributed by atoms with Crippen LogP contribution in [0, 0.1) is 0 Å². The van der Waals surface area contributed by atoms with Crippen LogP contribution in [0.1, 0.15) is 24.3 Å². The van der Waals surface area contributed by atoms with Crippen LogP contribution < -0.4 is 4.90 Å². The third-order valence-electron chi connectivity index (χ3n) is 3.27.